The van der Waals surface area contributed by atoms with Crippen LogP contribution in [0.25, 0.3) is 0 Å². The van der Waals surface area contributed by atoms with Gasteiger partial charge in [-0.15, -0.1) is 0 Å². The highest BCUT2D eigenvalue weighted by molar-refractivity contribution is 9.10. The molecule has 2 fully saturated rings. The number of hydrogen-bond donors (Lipinski definition) is 0. The quantitative estimate of drug-likeness (QED) is 0.639. The van der Waals surface area contributed by atoms with Gasteiger partial charge in [0, 0.05) is 49.9 Å². The largest absolute Gasteiger partial charge is 0.444 e. The van der Waals surface area contributed by atoms with Crippen molar-refractivity contribution in [2.45, 2.75) is 65.3 Å². The molecule has 0 aliphatic carbocycles. The number of ether oxygens (including phenoxy) is 2. The van der Waals surface area contributed by atoms with Gasteiger partial charge < -0.3 is 24.2 Å². The van der Waals surface area contributed by atoms with Crippen LogP contribution >= 0.6 is 15.9 Å². The SMILES string of the molecule is CC(C)(C)OC(=O)N1CCN(c2ncc(Br)cc2N2CC(C)(OC(C)(C)C)C2)CC1. The van der Waals surface area contributed by atoms with Gasteiger partial charge in [0.1, 0.15) is 11.2 Å². The molecule has 3 rings (SSSR count). The van der Waals surface area contributed by atoms with Crippen LogP contribution < -0.4 is 9.80 Å². The lowest BCUT2D eigenvalue weighted by Gasteiger charge is -2.52. The van der Waals surface area contributed by atoms with E-state index in [0.29, 0.717) is 13.1 Å². The molecule has 0 N–H and O–H groups in total. The Kier molecular flexibility index (Phi) is 6.31. The number of amides is 1. The Balaban J connectivity index is 1.67. The fraction of sp³-hybridized carbons (Fsp3) is 0.727. The van der Waals surface area contributed by atoms with Crippen LogP contribution in [0.5, 0.6) is 0 Å². The average Bonchev–Trinajstić information content (AvgIpc) is 2.56. The highest BCUT2D eigenvalue weighted by Crippen LogP contribution is 2.39. The van der Waals surface area contributed by atoms with E-state index in [-0.39, 0.29) is 17.3 Å². The number of anilines is 2. The summed E-state index contributed by atoms with van der Waals surface area (Å²) in [7, 11) is 0. The molecular formula is C22H35BrN4O3. The Bertz CT molecular complexity index is 774. The van der Waals surface area contributed by atoms with Crippen LogP contribution in [0.3, 0.4) is 0 Å². The summed E-state index contributed by atoms with van der Waals surface area (Å²) in [5.41, 5.74) is 0.295. The van der Waals surface area contributed by atoms with Gasteiger partial charge >= 0.3 is 6.09 Å². The maximum Gasteiger partial charge on any atom is 0.410 e. The number of carbonyl (C=O) groups is 1. The normalized spacial score (nSPS) is 19.5. The Labute approximate surface area is 188 Å². The summed E-state index contributed by atoms with van der Waals surface area (Å²) < 4.78 is 12.7. The van der Waals surface area contributed by atoms with Crippen molar-refractivity contribution >= 4 is 33.5 Å². The molecule has 2 saturated heterocycles. The van der Waals surface area contributed by atoms with Gasteiger partial charge in [0.25, 0.3) is 0 Å². The number of aromatic nitrogens is 1. The van der Waals surface area contributed by atoms with Crippen LogP contribution in [0, 0.1) is 0 Å². The van der Waals surface area contributed by atoms with Crippen molar-refractivity contribution in [3.63, 3.8) is 0 Å². The van der Waals surface area contributed by atoms with Gasteiger partial charge in [-0.25, -0.2) is 9.78 Å². The van der Waals surface area contributed by atoms with E-state index >= 15 is 0 Å². The number of pyridine rings is 1. The summed E-state index contributed by atoms with van der Waals surface area (Å²) in [6, 6.07) is 2.12. The summed E-state index contributed by atoms with van der Waals surface area (Å²) in [5.74, 6) is 0.958. The molecule has 0 spiro atoms. The van der Waals surface area contributed by atoms with Crippen LogP contribution in [0.2, 0.25) is 0 Å². The van der Waals surface area contributed by atoms with Gasteiger partial charge in [-0.2, -0.15) is 0 Å². The third-order valence-corrected chi connectivity index (χ3v) is 5.42. The van der Waals surface area contributed by atoms with Crippen molar-refractivity contribution in [2.24, 2.45) is 0 Å². The predicted octanol–water partition coefficient (Wildman–Crippen LogP) is 4.30. The van der Waals surface area contributed by atoms with Crippen LogP contribution in [-0.2, 0) is 9.47 Å². The molecule has 1 amide bonds. The summed E-state index contributed by atoms with van der Waals surface area (Å²) in [6.07, 6.45) is 1.59. The molecule has 30 heavy (non-hydrogen) atoms. The molecule has 168 valence electrons. The molecule has 3 heterocycles. The molecule has 0 unspecified atom stereocenters. The summed E-state index contributed by atoms with van der Waals surface area (Å²) in [4.78, 5) is 23.4. The molecule has 7 nitrogen and oxygen atoms in total. The number of rotatable bonds is 3. The second-order valence-electron chi connectivity index (χ2n) is 10.5. The van der Waals surface area contributed by atoms with E-state index < -0.39 is 5.60 Å². The third-order valence-electron chi connectivity index (χ3n) is 4.99. The predicted molar refractivity (Wildman–Crippen MR) is 123 cm³/mol. The first-order chi connectivity index (χ1) is 13.7. The Morgan fingerprint density at radius 1 is 1.03 bits per heavy atom. The van der Waals surface area contributed by atoms with E-state index in [1.54, 1.807) is 4.90 Å². The molecule has 1 aromatic rings. The summed E-state index contributed by atoms with van der Waals surface area (Å²) in [6.45, 7) is 18.5. The highest BCUT2D eigenvalue weighted by atomic mass is 79.9. The monoisotopic (exact) mass is 482 g/mol. The van der Waals surface area contributed by atoms with Gasteiger partial charge in [0.2, 0.25) is 0 Å². The van der Waals surface area contributed by atoms with Gasteiger partial charge in [0.15, 0.2) is 5.82 Å². The Morgan fingerprint density at radius 3 is 2.17 bits per heavy atom. The molecule has 0 radical (unpaired) electrons. The third kappa shape index (κ3) is 5.78. The average molecular weight is 483 g/mol. The molecule has 0 saturated carbocycles. The Hall–Kier alpha value is -1.54. The van der Waals surface area contributed by atoms with Gasteiger partial charge in [-0.1, -0.05) is 0 Å². The van der Waals surface area contributed by atoms with E-state index in [4.69, 9.17) is 14.5 Å². The smallest absolute Gasteiger partial charge is 0.410 e. The number of hydrogen-bond acceptors (Lipinski definition) is 6. The highest BCUT2D eigenvalue weighted by Gasteiger charge is 2.44. The maximum atomic E-state index is 12.4. The first-order valence-electron chi connectivity index (χ1n) is 10.6. The standard InChI is InChI=1S/C22H35BrN4O3/c1-20(2,3)29-19(28)26-10-8-25(9-11-26)18-17(12-16(23)13-24-18)27-14-22(7,15-27)30-21(4,5)6/h12-13H,8-11,14-15H2,1-7H3. The lowest BCUT2D eigenvalue weighted by molar-refractivity contribution is -0.134. The zero-order valence-corrected chi connectivity index (χ0v) is 20.9. The molecule has 0 aromatic carbocycles. The lowest BCUT2D eigenvalue weighted by atomic mass is 9.94. The van der Waals surface area contributed by atoms with Crippen molar-refractivity contribution < 1.29 is 14.3 Å². The number of piperazine rings is 1. The van der Waals surface area contributed by atoms with E-state index in [1.165, 1.54) is 0 Å². The first-order valence-corrected chi connectivity index (χ1v) is 11.4. The molecular weight excluding hydrogens is 448 g/mol. The van der Waals surface area contributed by atoms with Crippen LogP contribution in [0.15, 0.2) is 16.7 Å². The van der Waals surface area contributed by atoms with Gasteiger partial charge in [0.05, 0.1) is 11.3 Å². The van der Waals surface area contributed by atoms with Crippen molar-refractivity contribution in [3.05, 3.63) is 16.7 Å². The second-order valence-corrected chi connectivity index (χ2v) is 11.4. The minimum Gasteiger partial charge on any atom is -0.444 e. The van der Waals surface area contributed by atoms with Crippen molar-refractivity contribution in [3.8, 4) is 0 Å². The molecule has 1 aromatic heterocycles. The molecule has 2 aliphatic heterocycles. The van der Waals surface area contributed by atoms with E-state index in [1.807, 2.05) is 27.0 Å². The molecule has 0 bridgehead atoms. The zero-order valence-electron chi connectivity index (χ0n) is 19.3. The lowest BCUT2D eigenvalue weighted by Crippen LogP contribution is -2.64. The Morgan fingerprint density at radius 2 is 1.63 bits per heavy atom. The molecule has 8 heteroatoms. The fourth-order valence-electron chi connectivity index (χ4n) is 4.06. The minimum atomic E-state index is -0.478. The van der Waals surface area contributed by atoms with Crippen molar-refractivity contribution in [1.29, 1.82) is 0 Å². The number of halogens is 1. The summed E-state index contributed by atoms with van der Waals surface area (Å²) >= 11 is 3.57. The minimum absolute atomic E-state index is 0.159. The van der Waals surface area contributed by atoms with Gasteiger partial charge in [-0.05, 0) is 70.5 Å². The summed E-state index contributed by atoms with van der Waals surface area (Å²) in [5, 5.41) is 0. The molecule has 0 atom stereocenters. The second kappa shape index (κ2) is 8.19. The topological polar surface area (TPSA) is 58.1 Å². The first kappa shape index (κ1) is 23.1. The van der Waals surface area contributed by atoms with E-state index in [2.05, 4.69) is 59.5 Å². The van der Waals surface area contributed by atoms with Crippen molar-refractivity contribution in [2.75, 3.05) is 49.1 Å². The fourth-order valence-corrected chi connectivity index (χ4v) is 4.38. The van der Waals surface area contributed by atoms with E-state index in [0.717, 1.165) is 42.2 Å². The van der Waals surface area contributed by atoms with E-state index in [9.17, 15) is 4.79 Å². The van der Waals surface area contributed by atoms with Gasteiger partial charge in [-0.3, -0.25) is 0 Å². The van der Waals surface area contributed by atoms with Crippen LogP contribution in [0.1, 0.15) is 48.5 Å². The zero-order chi connectivity index (χ0) is 22.3. The molecule has 2 aliphatic rings. The van der Waals surface area contributed by atoms with Crippen molar-refractivity contribution in [1.82, 2.24) is 9.88 Å². The van der Waals surface area contributed by atoms with Crippen LogP contribution in [-0.4, -0.2) is 72.0 Å². The number of carbonyl (C=O) groups excluding carboxylic acids is 1. The number of nitrogens with zero attached hydrogens (tertiary/aromatic N) is 4. The maximum absolute atomic E-state index is 12.4. The van der Waals surface area contributed by atoms with Crippen LogP contribution in [0.4, 0.5) is 16.3 Å².